The minimum atomic E-state index is -0.404. The molecule has 132 valence electrons. The quantitative estimate of drug-likeness (QED) is 0.683. The number of hydrogen-bond donors (Lipinski definition) is 1. The van der Waals surface area contributed by atoms with Gasteiger partial charge in [0.2, 0.25) is 0 Å². The van der Waals surface area contributed by atoms with Crippen molar-refractivity contribution in [2.45, 2.75) is 45.7 Å². The maximum atomic E-state index is 12.5. The summed E-state index contributed by atoms with van der Waals surface area (Å²) in [5.41, 5.74) is 2.43. The zero-order chi connectivity index (χ0) is 18.2. The van der Waals surface area contributed by atoms with Gasteiger partial charge < -0.3 is 4.98 Å². The highest BCUT2D eigenvalue weighted by atomic mass is 16.6. The SMILES string of the molecule is CC(C)(C)c1nc2c(c(=O)[nH]1)CN(Cc1ccc([N+](=O)[O-])cc1)CC2. The van der Waals surface area contributed by atoms with E-state index in [0.717, 1.165) is 35.6 Å². The first-order chi connectivity index (χ1) is 11.7. The minimum absolute atomic E-state index is 0.0664. The topological polar surface area (TPSA) is 92.1 Å². The molecule has 0 atom stereocenters. The fraction of sp³-hybridized carbons (Fsp3) is 0.444. The molecule has 3 rings (SSSR count). The van der Waals surface area contributed by atoms with Crippen molar-refractivity contribution in [2.24, 2.45) is 0 Å². The third kappa shape index (κ3) is 3.76. The zero-order valence-corrected chi connectivity index (χ0v) is 14.7. The lowest BCUT2D eigenvalue weighted by Gasteiger charge is -2.29. The number of benzene rings is 1. The second kappa shape index (κ2) is 6.40. The number of fused-ring (bicyclic) bond motifs is 1. The lowest BCUT2D eigenvalue weighted by Crippen LogP contribution is -2.37. The van der Waals surface area contributed by atoms with Crippen LogP contribution in [-0.2, 0) is 24.9 Å². The van der Waals surface area contributed by atoms with Crippen LogP contribution in [0.15, 0.2) is 29.1 Å². The van der Waals surface area contributed by atoms with Crippen molar-refractivity contribution in [2.75, 3.05) is 6.54 Å². The lowest BCUT2D eigenvalue weighted by atomic mass is 9.95. The van der Waals surface area contributed by atoms with Crippen molar-refractivity contribution in [1.29, 1.82) is 0 Å². The van der Waals surface area contributed by atoms with E-state index in [4.69, 9.17) is 0 Å². The van der Waals surface area contributed by atoms with Crippen LogP contribution in [-0.4, -0.2) is 26.3 Å². The molecular formula is C18H22N4O3. The first-order valence-corrected chi connectivity index (χ1v) is 8.32. The van der Waals surface area contributed by atoms with Gasteiger partial charge in [-0.2, -0.15) is 0 Å². The largest absolute Gasteiger partial charge is 0.310 e. The molecule has 0 saturated heterocycles. The Kier molecular flexibility index (Phi) is 4.43. The number of nitro groups is 1. The highest BCUT2D eigenvalue weighted by molar-refractivity contribution is 5.33. The molecule has 1 aliphatic heterocycles. The number of rotatable bonds is 3. The molecule has 0 bridgehead atoms. The van der Waals surface area contributed by atoms with Crippen molar-refractivity contribution in [1.82, 2.24) is 14.9 Å². The number of non-ortho nitro benzene ring substituents is 1. The van der Waals surface area contributed by atoms with Gasteiger partial charge in [-0.1, -0.05) is 32.9 Å². The lowest BCUT2D eigenvalue weighted by molar-refractivity contribution is -0.384. The van der Waals surface area contributed by atoms with Gasteiger partial charge in [-0.3, -0.25) is 19.8 Å². The van der Waals surface area contributed by atoms with E-state index in [1.54, 1.807) is 12.1 Å². The molecule has 2 heterocycles. The van der Waals surface area contributed by atoms with E-state index in [2.05, 4.69) is 14.9 Å². The van der Waals surface area contributed by atoms with Crippen molar-refractivity contribution >= 4 is 5.69 Å². The predicted molar refractivity (Wildman–Crippen MR) is 94.5 cm³/mol. The second-order valence-electron chi connectivity index (χ2n) is 7.47. The molecule has 0 saturated carbocycles. The molecule has 1 N–H and O–H groups in total. The molecule has 0 amide bonds. The average Bonchev–Trinajstić information content (AvgIpc) is 2.55. The van der Waals surface area contributed by atoms with E-state index in [9.17, 15) is 14.9 Å². The van der Waals surface area contributed by atoms with Gasteiger partial charge in [0.15, 0.2) is 0 Å². The van der Waals surface area contributed by atoms with Gasteiger partial charge in [0.25, 0.3) is 11.2 Å². The van der Waals surface area contributed by atoms with Gasteiger partial charge in [-0.25, -0.2) is 4.98 Å². The van der Waals surface area contributed by atoms with Crippen LogP contribution < -0.4 is 5.56 Å². The monoisotopic (exact) mass is 342 g/mol. The molecule has 1 aromatic carbocycles. The third-order valence-corrected chi connectivity index (χ3v) is 4.41. The molecule has 7 nitrogen and oxygen atoms in total. The molecule has 1 aliphatic rings. The summed E-state index contributed by atoms with van der Waals surface area (Å²) in [7, 11) is 0. The summed E-state index contributed by atoms with van der Waals surface area (Å²) in [4.78, 5) is 32.5. The highest BCUT2D eigenvalue weighted by Crippen LogP contribution is 2.22. The van der Waals surface area contributed by atoms with Crippen molar-refractivity contribution < 1.29 is 4.92 Å². The Morgan fingerprint density at radius 1 is 1.28 bits per heavy atom. The number of nitro benzene ring substituents is 1. The van der Waals surface area contributed by atoms with Gasteiger partial charge in [0.05, 0.1) is 16.2 Å². The van der Waals surface area contributed by atoms with Crippen molar-refractivity contribution in [3.63, 3.8) is 0 Å². The molecular weight excluding hydrogens is 320 g/mol. The van der Waals surface area contributed by atoms with Crippen LogP contribution in [0, 0.1) is 10.1 Å². The van der Waals surface area contributed by atoms with Gasteiger partial charge in [0, 0.05) is 43.6 Å². The Hall–Kier alpha value is -2.54. The van der Waals surface area contributed by atoms with Crippen LogP contribution in [0.3, 0.4) is 0 Å². The molecule has 0 radical (unpaired) electrons. The van der Waals surface area contributed by atoms with E-state index in [-0.39, 0.29) is 16.7 Å². The van der Waals surface area contributed by atoms with Gasteiger partial charge in [0.1, 0.15) is 5.82 Å². The standard InChI is InChI=1S/C18H22N4O3/c1-18(2,3)17-19-15-8-9-21(11-14(15)16(23)20-17)10-12-4-6-13(7-5-12)22(24)25/h4-7H,8-11H2,1-3H3,(H,19,20,23). The number of hydrogen-bond acceptors (Lipinski definition) is 5. The van der Waals surface area contributed by atoms with Crippen LogP contribution in [0.5, 0.6) is 0 Å². The summed E-state index contributed by atoms with van der Waals surface area (Å²) in [6, 6.07) is 6.55. The molecule has 0 fully saturated rings. The maximum absolute atomic E-state index is 12.5. The van der Waals surface area contributed by atoms with E-state index in [1.165, 1.54) is 12.1 Å². The highest BCUT2D eigenvalue weighted by Gasteiger charge is 2.24. The molecule has 0 spiro atoms. The van der Waals surface area contributed by atoms with E-state index in [0.29, 0.717) is 13.1 Å². The normalized spacial score (nSPS) is 15.0. The van der Waals surface area contributed by atoms with Crippen LogP contribution in [0.1, 0.15) is 43.4 Å². The molecule has 2 aromatic rings. The number of aromatic amines is 1. The smallest absolute Gasteiger partial charge is 0.269 e. The zero-order valence-electron chi connectivity index (χ0n) is 14.7. The molecule has 0 aliphatic carbocycles. The van der Waals surface area contributed by atoms with Crippen LogP contribution in [0.2, 0.25) is 0 Å². The summed E-state index contributed by atoms with van der Waals surface area (Å²) < 4.78 is 0. The van der Waals surface area contributed by atoms with Gasteiger partial charge in [-0.05, 0) is 5.56 Å². The number of nitrogens with zero attached hydrogens (tertiary/aromatic N) is 3. The summed E-state index contributed by atoms with van der Waals surface area (Å²) >= 11 is 0. The van der Waals surface area contributed by atoms with Crippen molar-refractivity contribution in [3.05, 3.63) is 67.4 Å². The number of nitrogens with one attached hydrogen (secondary N) is 1. The second-order valence-corrected chi connectivity index (χ2v) is 7.47. The van der Waals surface area contributed by atoms with Crippen molar-refractivity contribution in [3.8, 4) is 0 Å². The first kappa shape index (κ1) is 17.3. The number of H-pyrrole nitrogens is 1. The fourth-order valence-electron chi connectivity index (χ4n) is 2.95. The summed E-state index contributed by atoms with van der Waals surface area (Å²) in [5, 5.41) is 10.7. The Morgan fingerprint density at radius 2 is 1.96 bits per heavy atom. The van der Waals surface area contributed by atoms with Crippen LogP contribution in [0.25, 0.3) is 0 Å². The number of aromatic nitrogens is 2. The Morgan fingerprint density at radius 3 is 2.56 bits per heavy atom. The van der Waals surface area contributed by atoms with E-state index in [1.807, 2.05) is 20.8 Å². The van der Waals surface area contributed by atoms with E-state index < -0.39 is 4.92 Å². The predicted octanol–water partition coefficient (Wildman–Crippen LogP) is 2.53. The first-order valence-electron chi connectivity index (χ1n) is 8.32. The molecule has 25 heavy (non-hydrogen) atoms. The van der Waals surface area contributed by atoms with Crippen LogP contribution in [0.4, 0.5) is 5.69 Å². The summed E-state index contributed by atoms with van der Waals surface area (Å²) in [5.74, 6) is 0.722. The maximum Gasteiger partial charge on any atom is 0.269 e. The Bertz CT molecular complexity index is 850. The Labute approximate surface area is 145 Å². The minimum Gasteiger partial charge on any atom is -0.310 e. The van der Waals surface area contributed by atoms with Gasteiger partial charge in [-0.15, -0.1) is 0 Å². The molecule has 0 unspecified atom stereocenters. The third-order valence-electron chi connectivity index (χ3n) is 4.41. The fourth-order valence-corrected chi connectivity index (χ4v) is 2.95. The molecule has 1 aromatic heterocycles. The summed E-state index contributed by atoms with van der Waals surface area (Å²) in [6.07, 6.45) is 0.731. The summed E-state index contributed by atoms with van der Waals surface area (Å²) in [6.45, 7) is 8.09. The van der Waals surface area contributed by atoms with Gasteiger partial charge >= 0.3 is 0 Å². The van der Waals surface area contributed by atoms with Crippen LogP contribution >= 0.6 is 0 Å². The Balaban J connectivity index is 1.77. The molecule has 7 heteroatoms. The average molecular weight is 342 g/mol. The van der Waals surface area contributed by atoms with E-state index >= 15 is 0 Å².